The molecular weight excluding hydrogens is 841 g/mol. The summed E-state index contributed by atoms with van der Waals surface area (Å²) in [6.07, 6.45) is 5.53. The van der Waals surface area contributed by atoms with E-state index in [9.17, 15) is 5.48 Å². The molecule has 0 N–H and O–H groups in total. The Morgan fingerprint density at radius 1 is 0.507 bits per heavy atom. The average Bonchev–Trinajstić information content (AvgIpc) is 4.02. The van der Waals surface area contributed by atoms with E-state index in [1.807, 2.05) is 137 Å². The van der Waals surface area contributed by atoms with Crippen LogP contribution in [0.2, 0.25) is 0 Å². The molecule has 0 radical (unpaired) electrons. The third-order valence-electron chi connectivity index (χ3n) is 13.1. The van der Waals surface area contributed by atoms with Gasteiger partial charge in [0, 0.05) is 23.0 Å². The van der Waals surface area contributed by atoms with Gasteiger partial charge in [0.05, 0.1) is 47.1 Å². The maximum atomic E-state index is 9.30. The molecule has 328 valence electrons. The summed E-state index contributed by atoms with van der Waals surface area (Å²) in [6.45, 7) is 6.54. The number of nitrogens with zero attached hydrogens (tertiary/aromatic N) is 4. The molecule has 0 bridgehead atoms. The molecule has 3 aromatic heterocycles. The van der Waals surface area contributed by atoms with Gasteiger partial charge in [0.25, 0.3) is 6.33 Å². The van der Waals surface area contributed by atoms with E-state index in [0.717, 1.165) is 55.4 Å². The summed E-state index contributed by atoms with van der Waals surface area (Å²) in [6, 6.07) is 46.5. The predicted octanol–water partition coefficient (Wildman–Crippen LogP) is 15.9. The summed E-state index contributed by atoms with van der Waals surface area (Å²) >= 11 is 0. The van der Waals surface area contributed by atoms with E-state index in [-0.39, 0.29) is 40.7 Å². The number of pyridine rings is 1. The monoisotopic (exact) mass is 896 g/mol. The van der Waals surface area contributed by atoms with Crippen molar-refractivity contribution in [2.75, 3.05) is 0 Å². The first-order valence-corrected chi connectivity index (χ1v) is 22.8. The van der Waals surface area contributed by atoms with Crippen LogP contribution in [0.15, 0.2) is 224 Å². The predicted molar refractivity (Wildman–Crippen MR) is 282 cm³/mol. The Balaban J connectivity index is 1.09. The molecule has 0 unspecified atom stereocenters. The first kappa shape index (κ1) is 31.2. The number of aromatic nitrogens is 4. The van der Waals surface area contributed by atoms with E-state index < -0.39 is 36.3 Å². The molecule has 0 aliphatic carbocycles. The lowest BCUT2D eigenvalue weighted by Gasteiger charge is -2.20. The highest BCUT2D eigenvalue weighted by Gasteiger charge is 2.27. The maximum Gasteiger partial charge on any atom is 0.269 e. The van der Waals surface area contributed by atoms with Gasteiger partial charge in [0.15, 0.2) is 0 Å². The van der Waals surface area contributed by atoms with Crippen LogP contribution in [-0.2, 0) is 5.41 Å². The second kappa shape index (κ2) is 15.9. The van der Waals surface area contributed by atoms with E-state index in [4.69, 9.17) is 17.9 Å². The molecule has 5 heteroatoms. The Morgan fingerprint density at radius 2 is 1.13 bits per heavy atom. The molecule has 9 aromatic carbocycles. The van der Waals surface area contributed by atoms with Crippen LogP contribution in [0, 0.1) is 6.33 Å². The maximum absolute atomic E-state index is 9.30. The Morgan fingerprint density at radius 3 is 1.88 bits per heavy atom. The van der Waals surface area contributed by atoms with Gasteiger partial charge in [0.1, 0.15) is 17.3 Å². The fourth-order valence-corrected chi connectivity index (χ4v) is 9.91. The third-order valence-corrected chi connectivity index (χ3v) is 13.1. The average molecular weight is 897 g/mol. The third kappa shape index (κ3) is 6.77. The summed E-state index contributed by atoms with van der Waals surface area (Å²) in [4.78, 5) is 4.87. The second-order valence-electron chi connectivity index (χ2n) is 18.2. The Hall–Kier alpha value is -8.80. The van der Waals surface area contributed by atoms with Crippen molar-refractivity contribution in [2.45, 2.75) is 26.2 Å². The van der Waals surface area contributed by atoms with Crippen molar-refractivity contribution in [3.8, 4) is 84.3 Å². The highest BCUT2D eigenvalue weighted by atomic mass is 16.5. The zero-order chi connectivity index (χ0) is 54.9. The zero-order valence-corrected chi connectivity index (χ0v) is 37.8. The van der Waals surface area contributed by atoms with Gasteiger partial charge in [-0.3, -0.25) is 13.7 Å². The van der Waals surface area contributed by atoms with Crippen molar-refractivity contribution in [1.82, 2.24) is 14.1 Å². The van der Waals surface area contributed by atoms with Crippen LogP contribution in [-0.4, -0.2) is 14.1 Å². The van der Waals surface area contributed by atoms with Gasteiger partial charge >= 0.3 is 0 Å². The molecule has 0 saturated carbocycles. The number of imidazole rings is 1. The molecule has 0 atom stereocenters. The minimum atomic E-state index is -0.513. The number of benzene rings is 9. The molecule has 4 heterocycles. The number of rotatable bonds is 6. The zero-order valence-electron chi connectivity index (χ0n) is 47.8. The Labute approximate surface area is 415 Å². The number of hydrogen-bond donors (Lipinski definition) is 0. The first-order chi connectivity index (χ1) is 38.0. The minimum Gasteiger partial charge on any atom is -0.458 e. The van der Waals surface area contributed by atoms with E-state index >= 15 is 0 Å². The fourth-order valence-electron chi connectivity index (χ4n) is 9.91. The van der Waals surface area contributed by atoms with Gasteiger partial charge in [-0.2, -0.15) is 0 Å². The molecular formula is C64H46N4O. The number of ether oxygens (including phenoxy) is 1. The standard InChI is InChI=1S/C64H46N4O/c1-64(2,3)45-34-35-65-61(38-45)68-58-31-15-14-28-54(58)55-33-32-48(40-59(55)68)69-47-23-16-22-46(39-47)66-41-67-62-49(43-20-8-5-9-21-43)29-17-30-56(62)52-26-12-10-24-50(52)51-25-11-13-27-53(51)57-36-44(37-60(66)63(57)67)42-18-6-4-7-19-42/h4-40H,1-3H3/i4D,5D,6D,7D,8D,9D,18D,19D,20D,21D. The quantitative estimate of drug-likeness (QED) is 0.123. The van der Waals surface area contributed by atoms with Crippen LogP contribution < -0.4 is 9.30 Å². The lowest BCUT2D eigenvalue weighted by atomic mass is 9.88. The van der Waals surface area contributed by atoms with E-state index in [0.29, 0.717) is 56.2 Å². The lowest BCUT2D eigenvalue weighted by Crippen LogP contribution is -2.32. The normalized spacial score (nSPS) is 14.0. The van der Waals surface area contributed by atoms with Gasteiger partial charge in [-0.1, -0.05) is 178 Å². The molecule has 0 amide bonds. The topological polar surface area (TPSA) is 35.9 Å². The van der Waals surface area contributed by atoms with E-state index in [2.05, 4.69) is 55.9 Å². The Bertz CT molecular complexity index is 4540. The van der Waals surface area contributed by atoms with Crippen LogP contribution in [0.4, 0.5) is 0 Å². The molecule has 0 fully saturated rings. The first-order valence-electron chi connectivity index (χ1n) is 27.8. The van der Waals surface area contributed by atoms with Crippen LogP contribution >= 0.6 is 0 Å². The van der Waals surface area contributed by atoms with Crippen molar-refractivity contribution in [2.24, 2.45) is 0 Å². The highest BCUT2D eigenvalue weighted by molar-refractivity contribution is 6.09. The van der Waals surface area contributed by atoms with Gasteiger partial charge < -0.3 is 4.74 Å². The molecule has 12 aromatic rings. The van der Waals surface area contributed by atoms with Crippen LogP contribution in [0.25, 0.3) is 106 Å². The largest absolute Gasteiger partial charge is 0.458 e. The van der Waals surface area contributed by atoms with Crippen molar-refractivity contribution in [3.05, 3.63) is 236 Å². The Kier molecular flexibility index (Phi) is 7.21. The molecule has 5 nitrogen and oxygen atoms in total. The molecule has 1 aliphatic rings. The van der Waals surface area contributed by atoms with Gasteiger partial charge in [-0.15, -0.1) is 0 Å². The number of fused-ring (bicyclic) bond motifs is 10. The van der Waals surface area contributed by atoms with Crippen molar-refractivity contribution >= 4 is 32.8 Å². The summed E-state index contributed by atoms with van der Waals surface area (Å²) in [7, 11) is 0. The van der Waals surface area contributed by atoms with E-state index in [1.165, 1.54) is 0 Å². The summed E-state index contributed by atoms with van der Waals surface area (Å²) in [5.74, 6) is 1.83. The summed E-state index contributed by atoms with van der Waals surface area (Å²) < 4.78 is 102. The minimum absolute atomic E-state index is 0.000265. The summed E-state index contributed by atoms with van der Waals surface area (Å²) in [5, 5.41) is 2.10. The summed E-state index contributed by atoms with van der Waals surface area (Å²) in [5.41, 5.74) is 10.3. The SMILES string of the molecule is [2H]c1c([2H])c([2H])c(-c2cc3c4c(c2)n(-c2cccc(Oc5ccc6c7ccccc7n(-c7cc(C(C)(C)C)ccn7)c6c5)c2)[c-][n+]4-c2c(cccc2-c2c([2H])c([2H])c([2H])c([2H])c2[2H])-c2ccccc2-c2ccccc2-3)c([2H])c1[2H]. The molecule has 13 rings (SSSR count). The van der Waals surface area contributed by atoms with Crippen LogP contribution in [0.5, 0.6) is 11.5 Å². The molecule has 0 saturated heterocycles. The van der Waals surface area contributed by atoms with Crippen LogP contribution in [0.1, 0.15) is 40.0 Å². The number of hydrogen-bond acceptors (Lipinski definition) is 2. The van der Waals surface area contributed by atoms with Crippen molar-refractivity contribution in [1.29, 1.82) is 0 Å². The van der Waals surface area contributed by atoms with Crippen molar-refractivity contribution in [3.63, 3.8) is 0 Å². The van der Waals surface area contributed by atoms with Crippen LogP contribution in [0.3, 0.4) is 0 Å². The molecule has 0 spiro atoms. The lowest BCUT2D eigenvalue weighted by molar-refractivity contribution is -0.570. The molecule has 1 aliphatic heterocycles. The van der Waals surface area contributed by atoms with Gasteiger partial charge in [0.2, 0.25) is 0 Å². The highest BCUT2D eigenvalue weighted by Crippen LogP contribution is 2.46. The molecule has 69 heavy (non-hydrogen) atoms. The van der Waals surface area contributed by atoms with E-state index in [1.54, 1.807) is 12.1 Å². The number of para-hydroxylation sites is 2. The fraction of sp³-hybridized carbons (Fsp3) is 0.0625. The van der Waals surface area contributed by atoms with Crippen molar-refractivity contribution < 1.29 is 23.0 Å². The smallest absolute Gasteiger partial charge is 0.269 e. The van der Waals surface area contributed by atoms with Gasteiger partial charge in [-0.25, -0.2) is 4.98 Å². The second-order valence-corrected chi connectivity index (χ2v) is 18.2. The van der Waals surface area contributed by atoms with Gasteiger partial charge in [-0.05, 0) is 121 Å².